The maximum Gasteiger partial charge on any atom is 0.129 e. The lowest BCUT2D eigenvalue weighted by Gasteiger charge is -2.13. The summed E-state index contributed by atoms with van der Waals surface area (Å²) in [6.45, 7) is 2.38. The van der Waals surface area contributed by atoms with Crippen LogP contribution in [0.2, 0.25) is 0 Å². The molecule has 0 unspecified atom stereocenters. The summed E-state index contributed by atoms with van der Waals surface area (Å²) in [6.07, 6.45) is 2.52. The third kappa shape index (κ3) is 2.90. The van der Waals surface area contributed by atoms with Crippen LogP contribution in [0.25, 0.3) is 0 Å². The highest BCUT2D eigenvalue weighted by Crippen LogP contribution is 2.41. The molecule has 0 bridgehead atoms. The molecule has 106 valence electrons. The molecule has 21 heavy (non-hydrogen) atoms. The summed E-state index contributed by atoms with van der Waals surface area (Å²) < 4.78 is 13.8. The molecule has 0 spiro atoms. The maximum absolute atomic E-state index is 13.8. The molecule has 0 aromatic heterocycles. The Bertz CT molecular complexity index is 712. The van der Waals surface area contributed by atoms with Gasteiger partial charge in [0.25, 0.3) is 0 Å². The molecular formula is C18H17FN2. The van der Waals surface area contributed by atoms with Crippen molar-refractivity contribution in [3.8, 4) is 6.07 Å². The van der Waals surface area contributed by atoms with Crippen LogP contribution in [0.4, 0.5) is 10.1 Å². The van der Waals surface area contributed by atoms with Gasteiger partial charge in [0.15, 0.2) is 0 Å². The molecule has 3 rings (SSSR count). The van der Waals surface area contributed by atoms with Gasteiger partial charge in [-0.3, -0.25) is 0 Å². The molecule has 0 aliphatic heterocycles. The van der Waals surface area contributed by atoms with Crippen LogP contribution in [0.5, 0.6) is 0 Å². The van der Waals surface area contributed by atoms with Gasteiger partial charge in [-0.1, -0.05) is 24.3 Å². The fourth-order valence-corrected chi connectivity index (χ4v) is 2.61. The monoisotopic (exact) mass is 280 g/mol. The van der Waals surface area contributed by atoms with Gasteiger partial charge in [-0.15, -0.1) is 0 Å². The van der Waals surface area contributed by atoms with E-state index in [2.05, 4.69) is 23.5 Å². The highest BCUT2D eigenvalue weighted by Gasteiger charge is 2.25. The zero-order valence-corrected chi connectivity index (χ0v) is 12.0. The van der Waals surface area contributed by atoms with E-state index < -0.39 is 0 Å². The normalized spacial score (nSPS) is 13.8. The van der Waals surface area contributed by atoms with Crippen LogP contribution in [-0.4, -0.2) is 0 Å². The number of hydrogen-bond acceptors (Lipinski definition) is 2. The number of benzene rings is 2. The summed E-state index contributed by atoms with van der Waals surface area (Å²) in [5.41, 5.74) is 4.23. The maximum atomic E-state index is 13.8. The lowest BCUT2D eigenvalue weighted by Crippen LogP contribution is -2.05. The average Bonchev–Trinajstić information content (AvgIpc) is 3.33. The van der Waals surface area contributed by atoms with Crippen LogP contribution >= 0.6 is 0 Å². The molecule has 1 N–H and O–H groups in total. The second-order valence-corrected chi connectivity index (χ2v) is 5.57. The van der Waals surface area contributed by atoms with E-state index >= 15 is 0 Å². The summed E-state index contributed by atoms with van der Waals surface area (Å²) in [5.74, 6) is 0.346. The molecule has 3 heteroatoms. The minimum absolute atomic E-state index is 0.341. The first-order valence-electron chi connectivity index (χ1n) is 7.21. The number of hydrogen-bond donors (Lipinski definition) is 1. The number of nitrogens with zero attached hydrogens (tertiary/aromatic N) is 1. The molecule has 0 radical (unpaired) electrons. The summed E-state index contributed by atoms with van der Waals surface area (Å²) in [4.78, 5) is 0. The Morgan fingerprint density at radius 2 is 2.05 bits per heavy atom. The van der Waals surface area contributed by atoms with Gasteiger partial charge in [0.2, 0.25) is 0 Å². The third-order valence-corrected chi connectivity index (χ3v) is 4.01. The second-order valence-electron chi connectivity index (χ2n) is 5.57. The molecule has 2 nitrogen and oxygen atoms in total. The minimum atomic E-state index is -0.341. The second kappa shape index (κ2) is 5.57. The van der Waals surface area contributed by atoms with Crippen LogP contribution < -0.4 is 5.32 Å². The fraction of sp³-hybridized carbons (Fsp3) is 0.278. The van der Waals surface area contributed by atoms with Gasteiger partial charge in [0, 0.05) is 17.8 Å². The fourth-order valence-electron chi connectivity index (χ4n) is 2.61. The van der Waals surface area contributed by atoms with Crippen molar-refractivity contribution in [2.45, 2.75) is 32.2 Å². The zero-order chi connectivity index (χ0) is 14.8. The Morgan fingerprint density at radius 1 is 1.29 bits per heavy atom. The minimum Gasteiger partial charge on any atom is -0.381 e. The lowest BCUT2D eigenvalue weighted by atomic mass is 10.0. The van der Waals surface area contributed by atoms with Crippen molar-refractivity contribution in [1.29, 1.82) is 5.26 Å². The number of nitrogens with one attached hydrogen (secondary N) is 1. The molecule has 1 aliphatic rings. The first kappa shape index (κ1) is 13.6. The van der Waals surface area contributed by atoms with E-state index in [1.165, 1.54) is 30.0 Å². The number of halogens is 1. The van der Waals surface area contributed by atoms with Crippen molar-refractivity contribution in [2.75, 3.05) is 5.32 Å². The van der Waals surface area contributed by atoms with Gasteiger partial charge < -0.3 is 5.32 Å². The molecule has 2 aromatic carbocycles. The Labute approximate surface area is 124 Å². The third-order valence-electron chi connectivity index (χ3n) is 4.01. The van der Waals surface area contributed by atoms with Crippen molar-refractivity contribution >= 4 is 5.69 Å². The van der Waals surface area contributed by atoms with Gasteiger partial charge >= 0.3 is 0 Å². The van der Waals surface area contributed by atoms with E-state index in [1.54, 1.807) is 13.0 Å². The van der Waals surface area contributed by atoms with Gasteiger partial charge in [-0.25, -0.2) is 4.39 Å². The van der Waals surface area contributed by atoms with Gasteiger partial charge in [0.05, 0.1) is 11.6 Å². The van der Waals surface area contributed by atoms with Gasteiger partial charge in [-0.2, -0.15) is 5.26 Å². The van der Waals surface area contributed by atoms with Crippen molar-refractivity contribution in [1.82, 2.24) is 0 Å². The molecule has 2 aromatic rings. The standard InChI is InChI=1S/C18H17FN2/c1-12-17(19)8-13(10-20)9-18(12)21-11-15-4-2-3-5-16(15)14-6-7-14/h2-5,8-9,14,21H,6-7,11H2,1H3. The SMILES string of the molecule is Cc1c(F)cc(C#N)cc1NCc1ccccc1C1CC1. The van der Waals surface area contributed by atoms with Gasteiger partial charge in [0.1, 0.15) is 5.82 Å². The van der Waals surface area contributed by atoms with Crippen molar-refractivity contribution < 1.29 is 4.39 Å². The molecule has 1 saturated carbocycles. The summed E-state index contributed by atoms with van der Waals surface area (Å²) in [6, 6.07) is 13.4. The Morgan fingerprint density at radius 3 is 2.76 bits per heavy atom. The van der Waals surface area contributed by atoms with E-state index in [4.69, 9.17) is 5.26 Å². The molecule has 0 atom stereocenters. The molecular weight excluding hydrogens is 263 g/mol. The number of nitriles is 1. The van der Waals surface area contributed by atoms with E-state index in [-0.39, 0.29) is 5.82 Å². The van der Waals surface area contributed by atoms with E-state index in [9.17, 15) is 4.39 Å². The molecule has 0 amide bonds. The van der Waals surface area contributed by atoms with E-state index in [1.807, 2.05) is 12.1 Å². The Balaban J connectivity index is 1.82. The van der Waals surface area contributed by atoms with Crippen molar-refractivity contribution in [3.63, 3.8) is 0 Å². The Hall–Kier alpha value is -2.34. The summed E-state index contributed by atoms with van der Waals surface area (Å²) >= 11 is 0. The largest absolute Gasteiger partial charge is 0.381 e. The van der Waals surface area contributed by atoms with Crippen molar-refractivity contribution in [2.24, 2.45) is 0 Å². The summed E-state index contributed by atoms with van der Waals surface area (Å²) in [7, 11) is 0. The first-order chi connectivity index (χ1) is 10.2. The highest BCUT2D eigenvalue weighted by atomic mass is 19.1. The van der Waals surface area contributed by atoms with E-state index in [0.29, 0.717) is 29.3 Å². The highest BCUT2D eigenvalue weighted by molar-refractivity contribution is 5.56. The topological polar surface area (TPSA) is 35.8 Å². The smallest absolute Gasteiger partial charge is 0.129 e. The summed E-state index contributed by atoms with van der Waals surface area (Å²) in [5, 5.41) is 12.2. The molecule has 1 aliphatic carbocycles. The van der Waals surface area contributed by atoms with Crippen LogP contribution in [0, 0.1) is 24.1 Å². The zero-order valence-electron chi connectivity index (χ0n) is 12.0. The quantitative estimate of drug-likeness (QED) is 0.895. The molecule has 0 heterocycles. The predicted molar refractivity (Wildman–Crippen MR) is 81.6 cm³/mol. The van der Waals surface area contributed by atoms with Crippen molar-refractivity contribution in [3.05, 3.63) is 64.5 Å². The Kier molecular flexibility index (Phi) is 3.62. The molecule has 0 saturated heterocycles. The first-order valence-corrected chi connectivity index (χ1v) is 7.21. The van der Waals surface area contributed by atoms with Crippen LogP contribution in [0.15, 0.2) is 36.4 Å². The predicted octanol–water partition coefficient (Wildman–Crippen LogP) is 4.50. The van der Waals surface area contributed by atoms with Crippen LogP contribution in [0.1, 0.15) is 41.0 Å². The number of rotatable bonds is 4. The van der Waals surface area contributed by atoms with Crippen LogP contribution in [-0.2, 0) is 6.54 Å². The van der Waals surface area contributed by atoms with Gasteiger partial charge in [-0.05, 0) is 48.9 Å². The van der Waals surface area contributed by atoms with Crippen LogP contribution in [0.3, 0.4) is 0 Å². The average molecular weight is 280 g/mol. The van der Waals surface area contributed by atoms with E-state index in [0.717, 1.165) is 0 Å². The number of anilines is 1. The lowest BCUT2D eigenvalue weighted by molar-refractivity contribution is 0.618. The molecule has 1 fully saturated rings.